The predicted molar refractivity (Wildman–Crippen MR) is 102 cm³/mol. The van der Waals surface area contributed by atoms with Crippen LogP contribution in [0.25, 0.3) is 0 Å². The molecule has 1 heterocycles. The Labute approximate surface area is 157 Å². The fourth-order valence-corrected chi connectivity index (χ4v) is 4.76. The van der Waals surface area contributed by atoms with E-state index >= 15 is 0 Å². The first-order valence-electron chi connectivity index (χ1n) is 8.69. The van der Waals surface area contributed by atoms with Gasteiger partial charge in [0.25, 0.3) is 5.91 Å². The molecule has 0 bridgehead atoms. The second-order valence-electron chi connectivity index (χ2n) is 6.33. The van der Waals surface area contributed by atoms with Gasteiger partial charge in [-0.15, -0.1) is 11.3 Å². The summed E-state index contributed by atoms with van der Waals surface area (Å²) in [6.07, 6.45) is 4.13. The van der Waals surface area contributed by atoms with Gasteiger partial charge >= 0.3 is 0 Å². The van der Waals surface area contributed by atoms with Gasteiger partial charge in [-0.1, -0.05) is 19.4 Å². The van der Waals surface area contributed by atoms with Crippen molar-refractivity contribution in [2.75, 3.05) is 19.5 Å². The lowest BCUT2D eigenvalue weighted by Crippen LogP contribution is -2.14. The van der Waals surface area contributed by atoms with Crippen LogP contribution in [0.3, 0.4) is 0 Å². The zero-order valence-corrected chi connectivity index (χ0v) is 16.0. The van der Waals surface area contributed by atoms with E-state index in [0.29, 0.717) is 33.5 Å². The molecule has 3 rings (SSSR count). The number of nitrogens with zero attached hydrogens (tertiary/aromatic N) is 1. The second-order valence-corrected chi connectivity index (χ2v) is 7.43. The molecule has 0 aliphatic heterocycles. The molecule has 0 spiro atoms. The molecular formula is C20H22N2O3S. The van der Waals surface area contributed by atoms with Gasteiger partial charge < -0.3 is 14.8 Å². The smallest absolute Gasteiger partial charge is 0.263 e. The zero-order valence-electron chi connectivity index (χ0n) is 15.2. The van der Waals surface area contributed by atoms with Gasteiger partial charge in [-0.2, -0.15) is 5.26 Å². The van der Waals surface area contributed by atoms with Crippen LogP contribution in [-0.4, -0.2) is 20.1 Å². The summed E-state index contributed by atoms with van der Waals surface area (Å²) in [4.78, 5) is 14.1. The topological polar surface area (TPSA) is 71.3 Å². The first-order chi connectivity index (χ1) is 12.6. The minimum Gasteiger partial charge on any atom is -0.496 e. The number of amides is 1. The minimum atomic E-state index is -0.332. The van der Waals surface area contributed by atoms with E-state index in [1.165, 1.54) is 30.4 Å². The number of thiophene rings is 1. The molecule has 6 heteroatoms. The number of anilines is 1. The largest absolute Gasteiger partial charge is 0.496 e. The third-order valence-corrected chi connectivity index (χ3v) is 6.11. The molecule has 5 nitrogen and oxygen atoms in total. The summed E-state index contributed by atoms with van der Waals surface area (Å²) >= 11 is 1.52. The van der Waals surface area contributed by atoms with Gasteiger partial charge in [0.15, 0.2) is 0 Å². The van der Waals surface area contributed by atoms with Crippen molar-refractivity contribution in [3.05, 3.63) is 39.8 Å². The summed E-state index contributed by atoms with van der Waals surface area (Å²) < 4.78 is 10.6. The summed E-state index contributed by atoms with van der Waals surface area (Å²) in [6.45, 7) is 2.20. The van der Waals surface area contributed by atoms with Crippen molar-refractivity contribution < 1.29 is 14.3 Å². The number of rotatable bonds is 5. The first kappa shape index (κ1) is 18.3. The maximum Gasteiger partial charge on any atom is 0.263 e. The van der Waals surface area contributed by atoms with Crippen molar-refractivity contribution in [3.63, 3.8) is 0 Å². The minimum absolute atomic E-state index is 0.332. The van der Waals surface area contributed by atoms with Gasteiger partial charge in [0, 0.05) is 4.88 Å². The van der Waals surface area contributed by atoms with Crippen LogP contribution in [0, 0.1) is 17.2 Å². The molecule has 0 unspecified atom stereocenters. The first-order valence-corrected chi connectivity index (χ1v) is 9.51. The Morgan fingerprint density at radius 3 is 2.62 bits per heavy atom. The summed E-state index contributed by atoms with van der Waals surface area (Å²) in [5.41, 5.74) is 2.03. The monoisotopic (exact) mass is 370 g/mol. The standard InChI is InChI=1S/C20H22N2O3S/c1-4-12-8-9-13-14(11-21)20(26-17(13)10-12)22-19(23)18-15(24-2)6-5-7-16(18)25-3/h5-7,12H,4,8-10H2,1-3H3,(H,22,23)/t12-/m1/s1. The molecule has 0 radical (unpaired) electrons. The van der Waals surface area contributed by atoms with Crippen molar-refractivity contribution in [1.82, 2.24) is 0 Å². The normalized spacial score (nSPS) is 15.7. The third kappa shape index (κ3) is 3.27. The van der Waals surface area contributed by atoms with E-state index in [-0.39, 0.29) is 5.91 Å². The average Bonchev–Trinajstić information content (AvgIpc) is 3.02. The van der Waals surface area contributed by atoms with Crippen molar-refractivity contribution in [2.45, 2.75) is 32.6 Å². The van der Waals surface area contributed by atoms with Gasteiger partial charge in [-0.05, 0) is 42.9 Å². The van der Waals surface area contributed by atoms with E-state index in [1.807, 2.05) is 0 Å². The molecule has 1 aliphatic rings. The molecule has 1 aromatic heterocycles. The van der Waals surface area contributed by atoms with Crippen LogP contribution in [0.1, 0.15) is 46.1 Å². The number of hydrogen-bond acceptors (Lipinski definition) is 5. The Balaban J connectivity index is 1.94. The van der Waals surface area contributed by atoms with Gasteiger partial charge in [0.05, 0.1) is 19.8 Å². The fraction of sp³-hybridized carbons (Fsp3) is 0.400. The lowest BCUT2D eigenvalue weighted by Gasteiger charge is -2.20. The fourth-order valence-electron chi connectivity index (χ4n) is 3.45. The Kier molecular flexibility index (Phi) is 5.48. The van der Waals surface area contributed by atoms with Crippen LogP contribution in [0.15, 0.2) is 18.2 Å². The molecule has 1 N–H and O–H groups in total. The third-order valence-electron chi connectivity index (χ3n) is 4.94. The van der Waals surface area contributed by atoms with Crippen LogP contribution < -0.4 is 14.8 Å². The maximum atomic E-state index is 12.9. The molecule has 2 aromatic rings. The SMILES string of the molecule is CC[C@@H]1CCc2c(sc(NC(=O)c3c(OC)cccc3OC)c2C#N)C1. The summed E-state index contributed by atoms with van der Waals surface area (Å²) in [7, 11) is 3.03. The number of benzene rings is 1. The van der Waals surface area contributed by atoms with Crippen LogP contribution in [0.2, 0.25) is 0 Å². The Hall–Kier alpha value is -2.52. The summed E-state index contributed by atoms with van der Waals surface area (Å²) in [5, 5.41) is 13.2. The lowest BCUT2D eigenvalue weighted by atomic mass is 9.86. The maximum absolute atomic E-state index is 12.9. The molecule has 0 saturated heterocycles. The van der Waals surface area contributed by atoms with Gasteiger partial charge in [-0.3, -0.25) is 4.79 Å². The highest BCUT2D eigenvalue weighted by Gasteiger charge is 2.27. The number of nitriles is 1. The number of ether oxygens (including phenoxy) is 2. The molecule has 26 heavy (non-hydrogen) atoms. The van der Waals surface area contributed by atoms with Crippen LogP contribution in [0.4, 0.5) is 5.00 Å². The Morgan fingerprint density at radius 2 is 2.04 bits per heavy atom. The summed E-state index contributed by atoms with van der Waals surface area (Å²) in [5.74, 6) is 1.20. The zero-order chi connectivity index (χ0) is 18.7. The molecule has 1 amide bonds. The molecule has 1 atom stereocenters. The van der Waals surface area contributed by atoms with Gasteiger partial charge in [-0.25, -0.2) is 0 Å². The van der Waals surface area contributed by atoms with Crippen molar-refractivity contribution in [1.29, 1.82) is 5.26 Å². The van der Waals surface area contributed by atoms with Crippen LogP contribution in [-0.2, 0) is 12.8 Å². The highest BCUT2D eigenvalue weighted by Crippen LogP contribution is 2.40. The van der Waals surface area contributed by atoms with Crippen LogP contribution >= 0.6 is 11.3 Å². The predicted octanol–water partition coefficient (Wildman–Crippen LogP) is 4.40. The Morgan fingerprint density at radius 1 is 1.35 bits per heavy atom. The lowest BCUT2D eigenvalue weighted by molar-refractivity contribution is 0.102. The van der Waals surface area contributed by atoms with E-state index in [0.717, 1.165) is 31.2 Å². The van der Waals surface area contributed by atoms with Crippen molar-refractivity contribution >= 4 is 22.2 Å². The average molecular weight is 370 g/mol. The van der Waals surface area contributed by atoms with Crippen LogP contribution in [0.5, 0.6) is 11.5 Å². The second kappa shape index (κ2) is 7.79. The van der Waals surface area contributed by atoms with Crippen molar-refractivity contribution in [3.8, 4) is 17.6 Å². The highest BCUT2D eigenvalue weighted by molar-refractivity contribution is 7.16. The number of hydrogen-bond donors (Lipinski definition) is 1. The highest BCUT2D eigenvalue weighted by atomic mass is 32.1. The number of fused-ring (bicyclic) bond motifs is 1. The summed E-state index contributed by atoms with van der Waals surface area (Å²) in [6, 6.07) is 7.48. The molecular weight excluding hydrogens is 348 g/mol. The molecule has 0 fully saturated rings. The number of carbonyl (C=O) groups excluding carboxylic acids is 1. The van der Waals surface area contributed by atoms with Crippen molar-refractivity contribution in [2.24, 2.45) is 5.92 Å². The Bertz CT molecular complexity index is 844. The molecule has 1 aromatic carbocycles. The van der Waals surface area contributed by atoms with Gasteiger partial charge in [0.2, 0.25) is 0 Å². The molecule has 0 saturated carbocycles. The quantitative estimate of drug-likeness (QED) is 0.846. The molecule has 136 valence electrons. The van der Waals surface area contributed by atoms with E-state index in [2.05, 4.69) is 18.3 Å². The molecule has 1 aliphatic carbocycles. The van der Waals surface area contributed by atoms with E-state index in [1.54, 1.807) is 18.2 Å². The van der Waals surface area contributed by atoms with E-state index in [4.69, 9.17) is 9.47 Å². The number of methoxy groups -OCH3 is 2. The number of carbonyl (C=O) groups is 1. The van der Waals surface area contributed by atoms with Gasteiger partial charge in [0.1, 0.15) is 28.1 Å². The number of nitrogens with one attached hydrogen (secondary N) is 1. The van der Waals surface area contributed by atoms with E-state index < -0.39 is 0 Å². The van der Waals surface area contributed by atoms with E-state index in [9.17, 15) is 10.1 Å².